The van der Waals surface area contributed by atoms with Gasteiger partial charge < -0.3 is 4.90 Å². The normalized spacial score (nSPS) is 20.3. The van der Waals surface area contributed by atoms with Crippen molar-refractivity contribution < 1.29 is 4.79 Å². The Balaban J connectivity index is 2.15. The van der Waals surface area contributed by atoms with Gasteiger partial charge in [-0.2, -0.15) is 0 Å². The van der Waals surface area contributed by atoms with Crippen molar-refractivity contribution in [3.8, 4) is 0 Å². The quantitative estimate of drug-likeness (QED) is 0.802. The summed E-state index contributed by atoms with van der Waals surface area (Å²) in [5.41, 5.74) is 1.18. The maximum atomic E-state index is 12.1. The van der Waals surface area contributed by atoms with Gasteiger partial charge in [-0.05, 0) is 37.3 Å². The molecule has 0 radical (unpaired) electrons. The van der Waals surface area contributed by atoms with Crippen LogP contribution in [0.15, 0.2) is 24.5 Å². The predicted octanol–water partition coefficient (Wildman–Crippen LogP) is 2.94. The highest BCUT2D eigenvalue weighted by atomic mass is 16.2. The number of likely N-dealkylation sites (tertiary alicyclic amines) is 1. The zero-order valence-corrected chi connectivity index (χ0v) is 10.4. The number of carbonyl (C=O) groups excluding carboxylic acids is 1. The number of amides is 1. The van der Waals surface area contributed by atoms with Gasteiger partial charge in [-0.3, -0.25) is 9.78 Å². The van der Waals surface area contributed by atoms with E-state index in [1.807, 2.05) is 17.2 Å². The fraction of sp³-hybridized carbons (Fsp3) is 0.571. The summed E-state index contributed by atoms with van der Waals surface area (Å²) in [5.74, 6) is 0.293. The van der Waals surface area contributed by atoms with Crippen LogP contribution in [-0.4, -0.2) is 22.3 Å². The molecule has 1 fully saturated rings. The van der Waals surface area contributed by atoms with Crippen molar-refractivity contribution in [3.63, 3.8) is 0 Å². The molecule has 1 atom stereocenters. The van der Waals surface area contributed by atoms with Crippen molar-refractivity contribution in [2.75, 3.05) is 6.54 Å². The van der Waals surface area contributed by atoms with E-state index in [0.29, 0.717) is 12.3 Å². The summed E-state index contributed by atoms with van der Waals surface area (Å²) >= 11 is 0. The number of aromatic nitrogens is 1. The largest absolute Gasteiger partial charge is 0.336 e. The number of hydrogen-bond donors (Lipinski definition) is 0. The van der Waals surface area contributed by atoms with Gasteiger partial charge in [0.25, 0.3) is 0 Å². The Labute approximate surface area is 103 Å². The van der Waals surface area contributed by atoms with E-state index >= 15 is 0 Å². The van der Waals surface area contributed by atoms with Crippen LogP contribution < -0.4 is 0 Å². The average molecular weight is 232 g/mol. The molecule has 2 heterocycles. The van der Waals surface area contributed by atoms with Crippen LogP contribution in [0, 0.1) is 0 Å². The van der Waals surface area contributed by atoms with Crippen LogP contribution in [-0.2, 0) is 4.79 Å². The summed E-state index contributed by atoms with van der Waals surface area (Å²) in [5, 5.41) is 0. The fourth-order valence-electron chi connectivity index (χ4n) is 2.51. The van der Waals surface area contributed by atoms with Gasteiger partial charge in [-0.25, -0.2) is 0 Å². The summed E-state index contributed by atoms with van der Waals surface area (Å²) in [4.78, 5) is 18.3. The van der Waals surface area contributed by atoms with Gasteiger partial charge in [0.1, 0.15) is 0 Å². The number of nitrogens with zero attached hydrogens (tertiary/aromatic N) is 2. The van der Waals surface area contributed by atoms with E-state index in [-0.39, 0.29) is 6.04 Å². The van der Waals surface area contributed by atoms with Crippen LogP contribution >= 0.6 is 0 Å². The Morgan fingerprint density at radius 1 is 1.53 bits per heavy atom. The van der Waals surface area contributed by atoms with Crippen LogP contribution in [0.3, 0.4) is 0 Å². The van der Waals surface area contributed by atoms with Gasteiger partial charge in [-0.15, -0.1) is 0 Å². The van der Waals surface area contributed by atoms with Crippen LogP contribution in [0.5, 0.6) is 0 Å². The number of hydrogen-bond acceptors (Lipinski definition) is 2. The smallest absolute Gasteiger partial charge is 0.223 e. The third kappa shape index (κ3) is 2.84. The molecule has 92 valence electrons. The molecule has 1 saturated heterocycles. The minimum Gasteiger partial charge on any atom is -0.336 e. The van der Waals surface area contributed by atoms with Gasteiger partial charge in [0.05, 0.1) is 6.04 Å². The first-order chi connectivity index (χ1) is 8.33. The number of carbonyl (C=O) groups is 1. The second kappa shape index (κ2) is 5.80. The van der Waals surface area contributed by atoms with E-state index in [4.69, 9.17) is 0 Å². The van der Waals surface area contributed by atoms with Crippen LogP contribution in [0.4, 0.5) is 0 Å². The molecule has 0 aliphatic carbocycles. The lowest BCUT2D eigenvalue weighted by molar-refractivity contribution is -0.135. The molecule has 0 bridgehead atoms. The van der Waals surface area contributed by atoms with E-state index in [0.717, 1.165) is 25.8 Å². The van der Waals surface area contributed by atoms with Crippen molar-refractivity contribution in [2.24, 2.45) is 0 Å². The van der Waals surface area contributed by atoms with E-state index in [1.165, 1.54) is 12.0 Å². The predicted molar refractivity (Wildman–Crippen MR) is 67.5 cm³/mol. The average Bonchev–Trinajstić information content (AvgIpc) is 2.40. The van der Waals surface area contributed by atoms with Crippen LogP contribution in [0.25, 0.3) is 0 Å². The molecule has 17 heavy (non-hydrogen) atoms. The molecular weight excluding hydrogens is 212 g/mol. The first-order valence-corrected chi connectivity index (χ1v) is 6.52. The molecule has 1 aliphatic heterocycles. The molecule has 1 amide bonds. The second-order valence-corrected chi connectivity index (χ2v) is 4.64. The molecule has 3 nitrogen and oxygen atoms in total. The topological polar surface area (TPSA) is 33.2 Å². The molecule has 1 aliphatic rings. The second-order valence-electron chi connectivity index (χ2n) is 4.64. The Morgan fingerprint density at radius 2 is 2.41 bits per heavy atom. The van der Waals surface area contributed by atoms with Gasteiger partial charge >= 0.3 is 0 Å². The standard InChI is InChI=1S/C14H20N2O/c1-2-6-14(17)16-10-4-3-8-13(16)12-7-5-9-15-11-12/h5,7,9,11,13H,2-4,6,8,10H2,1H3/t13-/m0/s1. The Morgan fingerprint density at radius 3 is 3.12 bits per heavy atom. The maximum Gasteiger partial charge on any atom is 0.223 e. The first-order valence-electron chi connectivity index (χ1n) is 6.52. The summed E-state index contributed by atoms with van der Waals surface area (Å²) in [6.07, 6.45) is 8.67. The third-order valence-corrected chi connectivity index (χ3v) is 3.36. The monoisotopic (exact) mass is 232 g/mol. The third-order valence-electron chi connectivity index (χ3n) is 3.36. The van der Waals surface area contributed by atoms with Gasteiger partial charge in [-0.1, -0.05) is 13.0 Å². The number of rotatable bonds is 3. The maximum absolute atomic E-state index is 12.1. The number of pyridine rings is 1. The Bertz CT molecular complexity index is 364. The molecule has 2 rings (SSSR count). The molecule has 1 aromatic rings. The van der Waals surface area contributed by atoms with Gasteiger partial charge in [0.2, 0.25) is 5.91 Å². The highest BCUT2D eigenvalue weighted by Crippen LogP contribution is 2.30. The lowest BCUT2D eigenvalue weighted by Crippen LogP contribution is -2.38. The zero-order chi connectivity index (χ0) is 12.1. The minimum atomic E-state index is 0.247. The van der Waals surface area contributed by atoms with E-state index < -0.39 is 0 Å². The lowest BCUT2D eigenvalue weighted by atomic mass is 9.96. The van der Waals surface area contributed by atoms with E-state index in [9.17, 15) is 4.79 Å². The van der Waals surface area contributed by atoms with E-state index in [1.54, 1.807) is 6.20 Å². The summed E-state index contributed by atoms with van der Waals surface area (Å²) in [7, 11) is 0. The van der Waals surface area contributed by atoms with Crippen molar-refractivity contribution in [1.29, 1.82) is 0 Å². The van der Waals surface area contributed by atoms with E-state index in [2.05, 4.69) is 18.0 Å². The van der Waals surface area contributed by atoms with Crippen molar-refractivity contribution in [2.45, 2.75) is 45.1 Å². The van der Waals surface area contributed by atoms with Crippen molar-refractivity contribution in [1.82, 2.24) is 9.88 Å². The summed E-state index contributed by atoms with van der Waals surface area (Å²) in [6, 6.07) is 4.28. The summed E-state index contributed by atoms with van der Waals surface area (Å²) < 4.78 is 0. The van der Waals surface area contributed by atoms with Crippen LogP contribution in [0.2, 0.25) is 0 Å². The molecule has 3 heteroatoms. The Kier molecular flexibility index (Phi) is 4.13. The molecule has 0 unspecified atom stereocenters. The van der Waals surface area contributed by atoms with Crippen LogP contribution in [0.1, 0.15) is 50.6 Å². The summed E-state index contributed by atoms with van der Waals surface area (Å²) in [6.45, 7) is 2.96. The SMILES string of the molecule is CCCC(=O)N1CCCC[C@H]1c1cccnc1. The fourth-order valence-corrected chi connectivity index (χ4v) is 2.51. The van der Waals surface area contributed by atoms with Crippen molar-refractivity contribution in [3.05, 3.63) is 30.1 Å². The molecule has 0 N–H and O–H groups in total. The number of piperidine rings is 1. The molecule has 0 aromatic carbocycles. The van der Waals surface area contributed by atoms with Gasteiger partial charge in [0, 0.05) is 25.4 Å². The lowest BCUT2D eigenvalue weighted by Gasteiger charge is -2.36. The minimum absolute atomic E-state index is 0.247. The molecular formula is C14H20N2O. The van der Waals surface area contributed by atoms with Crippen molar-refractivity contribution >= 4 is 5.91 Å². The van der Waals surface area contributed by atoms with Gasteiger partial charge in [0.15, 0.2) is 0 Å². The zero-order valence-electron chi connectivity index (χ0n) is 10.4. The molecule has 0 saturated carbocycles. The Hall–Kier alpha value is -1.38. The highest BCUT2D eigenvalue weighted by Gasteiger charge is 2.27. The first kappa shape index (κ1) is 12.1. The molecule has 0 spiro atoms. The molecule has 1 aromatic heterocycles. The highest BCUT2D eigenvalue weighted by molar-refractivity contribution is 5.76.